The van der Waals surface area contributed by atoms with Crippen molar-refractivity contribution in [1.82, 2.24) is 9.80 Å². The molecule has 6 heteroatoms. The standard InChI is InChI=1S/C18H19F2N3S/c19-15-6-2-1-5-14(15)13-22-9-11-23(12-10-22)18(24)21-17-8-4-3-7-16(17)20/h1-8H,9-13H2,(H,21,24). The summed E-state index contributed by atoms with van der Waals surface area (Å²) in [7, 11) is 0. The van der Waals surface area contributed by atoms with Gasteiger partial charge in [0.1, 0.15) is 11.6 Å². The zero-order valence-electron chi connectivity index (χ0n) is 13.2. The van der Waals surface area contributed by atoms with Crippen molar-refractivity contribution >= 4 is 23.0 Å². The van der Waals surface area contributed by atoms with Gasteiger partial charge in [-0.25, -0.2) is 8.78 Å². The van der Waals surface area contributed by atoms with Gasteiger partial charge in [0.05, 0.1) is 5.69 Å². The molecule has 1 aliphatic heterocycles. The smallest absolute Gasteiger partial charge is 0.173 e. The Balaban J connectivity index is 1.52. The van der Waals surface area contributed by atoms with E-state index in [0.717, 1.165) is 26.2 Å². The second-order valence-corrected chi connectivity index (χ2v) is 6.15. The molecule has 1 aliphatic rings. The van der Waals surface area contributed by atoms with Gasteiger partial charge in [-0.2, -0.15) is 0 Å². The quantitative estimate of drug-likeness (QED) is 0.857. The molecule has 24 heavy (non-hydrogen) atoms. The molecule has 0 atom stereocenters. The van der Waals surface area contributed by atoms with E-state index in [1.807, 2.05) is 17.0 Å². The molecule has 0 unspecified atom stereocenters. The van der Waals surface area contributed by atoms with E-state index in [0.29, 0.717) is 22.9 Å². The minimum Gasteiger partial charge on any atom is -0.346 e. The van der Waals surface area contributed by atoms with Gasteiger partial charge in [-0.3, -0.25) is 4.90 Å². The lowest BCUT2D eigenvalue weighted by molar-refractivity contribution is 0.175. The van der Waals surface area contributed by atoms with Crippen molar-refractivity contribution in [2.24, 2.45) is 0 Å². The average Bonchev–Trinajstić information content (AvgIpc) is 2.59. The number of nitrogens with zero attached hydrogens (tertiary/aromatic N) is 2. The van der Waals surface area contributed by atoms with Gasteiger partial charge in [-0.05, 0) is 30.4 Å². The fraction of sp³-hybridized carbons (Fsp3) is 0.278. The normalized spacial score (nSPS) is 15.3. The summed E-state index contributed by atoms with van der Waals surface area (Å²) in [6.45, 7) is 3.62. The molecule has 0 aliphatic carbocycles. The second-order valence-electron chi connectivity index (χ2n) is 5.76. The van der Waals surface area contributed by atoms with Crippen LogP contribution in [0.3, 0.4) is 0 Å². The Morgan fingerprint density at radius 3 is 2.21 bits per heavy atom. The molecule has 3 rings (SSSR count). The Labute approximate surface area is 145 Å². The minimum atomic E-state index is -0.321. The zero-order valence-corrected chi connectivity index (χ0v) is 14.0. The van der Waals surface area contributed by atoms with Gasteiger partial charge < -0.3 is 10.2 Å². The van der Waals surface area contributed by atoms with Gasteiger partial charge >= 0.3 is 0 Å². The highest BCUT2D eigenvalue weighted by Gasteiger charge is 2.20. The number of thiocarbonyl (C=S) groups is 1. The fourth-order valence-electron chi connectivity index (χ4n) is 2.73. The Kier molecular flexibility index (Phi) is 5.37. The lowest BCUT2D eigenvalue weighted by Crippen LogP contribution is -2.49. The number of hydrogen-bond donors (Lipinski definition) is 1. The molecule has 3 nitrogen and oxygen atoms in total. The SMILES string of the molecule is Fc1ccccc1CN1CCN(C(=S)Nc2ccccc2F)CC1. The molecule has 1 fully saturated rings. The third kappa shape index (κ3) is 4.07. The Morgan fingerprint density at radius 2 is 1.54 bits per heavy atom. The number of piperazine rings is 1. The molecule has 0 saturated carbocycles. The fourth-order valence-corrected chi connectivity index (χ4v) is 3.03. The Morgan fingerprint density at radius 1 is 0.917 bits per heavy atom. The highest BCUT2D eigenvalue weighted by atomic mass is 32.1. The van der Waals surface area contributed by atoms with Crippen LogP contribution in [0.5, 0.6) is 0 Å². The van der Waals surface area contributed by atoms with Gasteiger partial charge in [-0.15, -0.1) is 0 Å². The van der Waals surface area contributed by atoms with Crippen LogP contribution < -0.4 is 5.32 Å². The van der Waals surface area contributed by atoms with Gasteiger partial charge in [0.15, 0.2) is 5.11 Å². The van der Waals surface area contributed by atoms with E-state index in [1.54, 1.807) is 24.3 Å². The molecular formula is C18H19F2N3S. The molecule has 0 bridgehead atoms. The summed E-state index contributed by atoms with van der Waals surface area (Å²) in [4.78, 5) is 4.21. The number of nitrogens with one attached hydrogen (secondary N) is 1. The number of benzene rings is 2. The van der Waals surface area contributed by atoms with Crippen molar-refractivity contribution in [3.05, 3.63) is 65.7 Å². The molecule has 2 aromatic rings. The van der Waals surface area contributed by atoms with Crippen LogP contribution in [-0.4, -0.2) is 41.1 Å². The van der Waals surface area contributed by atoms with Crippen molar-refractivity contribution in [3.63, 3.8) is 0 Å². The summed E-state index contributed by atoms with van der Waals surface area (Å²) >= 11 is 5.37. The summed E-state index contributed by atoms with van der Waals surface area (Å²) in [6.07, 6.45) is 0. The van der Waals surface area contributed by atoms with Gasteiger partial charge in [0.2, 0.25) is 0 Å². The summed E-state index contributed by atoms with van der Waals surface area (Å²) in [5.74, 6) is -0.491. The number of para-hydroxylation sites is 1. The third-order valence-electron chi connectivity index (χ3n) is 4.13. The van der Waals surface area contributed by atoms with Crippen molar-refractivity contribution in [1.29, 1.82) is 0 Å². The first-order valence-corrected chi connectivity index (χ1v) is 8.30. The summed E-state index contributed by atoms with van der Waals surface area (Å²) in [5.41, 5.74) is 1.09. The summed E-state index contributed by atoms with van der Waals surface area (Å²) in [6, 6.07) is 13.3. The maximum atomic E-state index is 13.7. The van der Waals surface area contributed by atoms with Gasteiger partial charge in [-0.1, -0.05) is 30.3 Å². The summed E-state index contributed by atoms with van der Waals surface area (Å²) < 4.78 is 27.4. The van der Waals surface area contributed by atoms with E-state index in [4.69, 9.17) is 12.2 Å². The van der Waals surface area contributed by atoms with Crippen molar-refractivity contribution in [2.45, 2.75) is 6.54 Å². The Bertz CT molecular complexity index is 715. The number of anilines is 1. The van der Waals surface area contributed by atoms with Crippen molar-refractivity contribution in [2.75, 3.05) is 31.5 Å². The molecule has 1 N–H and O–H groups in total. The number of rotatable bonds is 3. The molecular weight excluding hydrogens is 328 g/mol. The highest BCUT2D eigenvalue weighted by molar-refractivity contribution is 7.80. The maximum Gasteiger partial charge on any atom is 0.173 e. The first kappa shape index (κ1) is 16.8. The van der Waals surface area contributed by atoms with Crippen LogP contribution >= 0.6 is 12.2 Å². The van der Waals surface area contributed by atoms with E-state index in [9.17, 15) is 8.78 Å². The lowest BCUT2D eigenvalue weighted by atomic mass is 10.2. The van der Waals surface area contributed by atoms with Crippen LogP contribution in [0.1, 0.15) is 5.56 Å². The number of hydrogen-bond acceptors (Lipinski definition) is 2. The average molecular weight is 347 g/mol. The van der Waals surface area contributed by atoms with E-state index in [1.165, 1.54) is 12.1 Å². The van der Waals surface area contributed by atoms with E-state index in [-0.39, 0.29) is 11.6 Å². The first-order chi connectivity index (χ1) is 11.6. The summed E-state index contributed by atoms with van der Waals surface area (Å²) in [5, 5.41) is 3.48. The van der Waals surface area contributed by atoms with Crippen molar-refractivity contribution < 1.29 is 8.78 Å². The van der Waals surface area contributed by atoms with Crippen molar-refractivity contribution in [3.8, 4) is 0 Å². The molecule has 0 aromatic heterocycles. The molecule has 0 radical (unpaired) electrons. The molecule has 0 spiro atoms. The molecule has 126 valence electrons. The molecule has 1 heterocycles. The molecule has 0 amide bonds. The second kappa shape index (κ2) is 7.68. The maximum absolute atomic E-state index is 13.7. The van der Waals surface area contributed by atoms with E-state index >= 15 is 0 Å². The first-order valence-electron chi connectivity index (χ1n) is 7.90. The van der Waals surface area contributed by atoms with E-state index in [2.05, 4.69) is 10.2 Å². The van der Waals surface area contributed by atoms with Crippen LogP contribution in [-0.2, 0) is 6.54 Å². The number of halogens is 2. The Hall–Kier alpha value is -2.05. The van der Waals surface area contributed by atoms with Crippen LogP contribution in [0.4, 0.5) is 14.5 Å². The predicted octanol–water partition coefficient (Wildman–Crippen LogP) is 3.48. The van der Waals surface area contributed by atoms with Crippen LogP contribution in [0.15, 0.2) is 48.5 Å². The van der Waals surface area contributed by atoms with Crippen LogP contribution in [0.25, 0.3) is 0 Å². The predicted molar refractivity (Wildman–Crippen MR) is 95.9 cm³/mol. The third-order valence-corrected chi connectivity index (χ3v) is 4.49. The van der Waals surface area contributed by atoms with Gasteiger partial charge in [0.25, 0.3) is 0 Å². The topological polar surface area (TPSA) is 18.5 Å². The van der Waals surface area contributed by atoms with Gasteiger partial charge in [0, 0.05) is 38.3 Å². The van der Waals surface area contributed by atoms with Crippen LogP contribution in [0, 0.1) is 11.6 Å². The minimum absolute atomic E-state index is 0.170. The largest absolute Gasteiger partial charge is 0.346 e. The monoisotopic (exact) mass is 347 g/mol. The van der Waals surface area contributed by atoms with E-state index < -0.39 is 0 Å². The zero-order chi connectivity index (χ0) is 16.9. The highest BCUT2D eigenvalue weighted by Crippen LogP contribution is 2.15. The lowest BCUT2D eigenvalue weighted by Gasteiger charge is -2.36. The van der Waals surface area contributed by atoms with Crippen LogP contribution in [0.2, 0.25) is 0 Å². The molecule has 1 saturated heterocycles. The molecule has 2 aromatic carbocycles.